The Morgan fingerprint density at radius 1 is 1.28 bits per heavy atom. The predicted molar refractivity (Wildman–Crippen MR) is 97.9 cm³/mol. The van der Waals surface area contributed by atoms with E-state index in [0.717, 1.165) is 12.1 Å². The summed E-state index contributed by atoms with van der Waals surface area (Å²) in [6.45, 7) is 2.08. The molecule has 0 spiro atoms. The number of thioether (sulfide) groups is 1. The quantitative estimate of drug-likeness (QED) is 0.398. The van der Waals surface area contributed by atoms with Crippen LogP contribution in [-0.2, 0) is 11.2 Å². The number of imidazole rings is 1. The highest BCUT2D eigenvalue weighted by molar-refractivity contribution is 7.99. The lowest BCUT2D eigenvalue weighted by molar-refractivity contribution is -0.384. The van der Waals surface area contributed by atoms with E-state index in [-0.39, 0.29) is 17.3 Å². The van der Waals surface area contributed by atoms with Gasteiger partial charge in [0, 0.05) is 17.8 Å². The van der Waals surface area contributed by atoms with E-state index < -0.39 is 4.92 Å². The van der Waals surface area contributed by atoms with Gasteiger partial charge in [-0.3, -0.25) is 14.9 Å². The molecule has 0 fully saturated rings. The molecule has 1 amide bonds. The standard InChI is InChI=1S/C17H16N4O3S/c1-2-11-3-5-12(6-4-11)18-16(22)10-25-17-19-14-8-7-13(21(23)24)9-15(14)20-17/h3-9H,2,10H2,1H3,(H,18,22)(H,19,20). The van der Waals surface area contributed by atoms with Gasteiger partial charge in [-0.2, -0.15) is 0 Å². The first kappa shape index (κ1) is 17.0. The summed E-state index contributed by atoms with van der Waals surface area (Å²) in [4.78, 5) is 29.7. The van der Waals surface area contributed by atoms with Crippen molar-refractivity contribution in [2.75, 3.05) is 11.1 Å². The van der Waals surface area contributed by atoms with Gasteiger partial charge in [-0.25, -0.2) is 4.98 Å². The largest absolute Gasteiger partial charge is 0.333 e. The molecule has 0 radical (unpaired) electrons. The maximum absolute atomic E-state index is 12.0. The van der Waals surface area contributed by atoms with Crippen molar-refractivity contribution in [1.29, 1.82) is 0 Å². The fourth-order valence-electron chi connectivity index (χ4n) is 2.31. The summed E-state index contributed by atoms with van der Waals surface area (Å²) < 4.78 is 0. The second kappa shape index (κ2) is 7.35. The van der Waals surface area contributed by atoms with Crippen molar-refractivity contribution in [3.8, 4) is 0 Å². The van der Waals surface area contributed by atoms with Crippen LogP contribution >= 0.6 is 11.8 Å². The molecular weight excluding hydrogens is 340 g/mol. The molecule has 128 valence electrons. The number of benzene rings is 2. The molecule has 25 heavy (non-hydrogen) atoms. The van der Waals surface area contributed by atoms with Crippen LogP contribution in [0.1, 0.15) is 12.5 Å². The molecule has 2 aromatic carbocycles. The molecule has 0 aliphatic heterocycles. The second-order valence-corrected chi connectivity index (χ2v) is 6.35. The van der Waals surface area contributed by atoms with E-state index >= 15 is 0 Å². The number of carbonyl (C=O) groups excluding carboxylic acids is 1. The number of aromatic nitrogens is 2. The number of hydrogen-bond acceptors (Lipinski definition) is 5. The molecule has 1 heterocycles. The minimum Gasteiger partial charge on any atom is -0.333 e. The number of nitrogens with zero attached hydrogens (tertiary/aromatic N) is 2. The van der Waals surface area contributed by atoms with E-state index in [9.17, 15) is 14.9 Å². The van der Waals surface area contributed by atoms with Gasteiger partial charge < -0.3 is 10.3 Å². The molecule has 7 nitrogen and oxygen atoms in total. The topological polar surface area (TPSA) is 101 Å². The van der Waals surface area contributed by atoms with Crippen molar-refractivity contribution >= 4 is 40.1 Å². The van der Waals surface area contributed by atoms with Crippen LogP contribution in [0.4, 0.5) is 11.4 Å². The number of hydrogen-bond donors (Lipinski definition) is 2. The second-order valence-electron chi connectivity index (χ2n) is 5.39. The van der Waals surface area contributed by atoms with Crippen molar-refractivity contribution in [2.45, 2.75) is 18.5 Å². The van der Waals surface area contributed by atoms with Gasteiger partial charge in [-0.05, 0) is 30.2 Å². The van der Waals surface area contributed by atoms with Gasteiger partial charge in [0.15, 0.2) is 5.16 Å². The highest BCUT2D eigenvalue weighted by Crippen LogP contribution is 2.23. The molecular formula is C17H16N4O3S. The number of anilines is 1. The Hall–Kier alpha value is -2.87. The Labute approximate surface area is 148 Å². The summed E-state index contributed by atoms with van der Waals surface area (Å²) >= 11 is 1.25. The zero-order chi connectivity index (χ0) is 17.8. The molecule has 0 saturated heterocycles. The molecule has 1 aromatic heterocycles. The molecule has 0 bridgehead atoms. The maximum atomic E-state index is 12.0. The van der Waals surface area contributed by atoms with E-state index in [4.69, 9.17) is 0 Å². The van der Waals surface area contributed by atoms with Crippen molar-refractivity contribution in [3.63, 3.8) is 0 Å². The van der Waals surface area contributed by atoms with E-state index in [1.165, 1.54) is 29.5 Å². The van der Waals surface area contributed by atoms with Crippen LogP contribution < -0.4 is 5.32 Å². The average Bonchev–Trinajstić information content (AvgIpc) is 3.02. The van der Waals surface area contributed by atoms with Crippen LogP contribution in [0.25, 0.3) is 11.0 Å². The first-order valence-corrected chi connectivity index (χ1v) is 8.69. The van der Waals surface area contributed by atoms with E-state index in [2.05, 4.69) is 22.2 Å². The van der Waals surface area contributed by atoms with Crippen LogP contribution in [0, 0.1) is 10.1 Å². The number of carbonyl (C=O) groups is 1. The molecule has 0 unspecified atom stereocenters. The first-order valence-electron chi connectivity index (χ1n) is 7.71. The van der Waals surface area contributed by atoms with Crippen molar-refractivity contribution < 1.29 is 9.72 Å². The van der Waals surface area contributed by atoms with Crippen LogP contribution in [-0.4, -0.2) is 26.6 Å². The lowest BCUT2D eigenvalue weighted by atomic mass is 10.1. The average molecular weight is 356 g/mol. The summed E-state index contributed by atoms with van der Waals surface area (Å²) in [5.74, 6) is 0.0537. The number of nitro benzene ring substituents is 1. The smallest absolute Gasteiger partial charge is 0.271 e. The van der Waals surface area contributed by atoms with Crippen molar-refractivity contribution in [3.05, 3.63) is 58.1 Å². The third-order valence-electron chi connectivity index (χ3n) is 3.64. The highest BCUT2D eigenvalue weighted by Gasteiger charge is 2.11. The van der Waals surface area contributed by atoms with E-state index in [1.807, 2.05) is 24.3 Å². The number of nitrogens with one attached hydrogen (secondary N) is 2. The number of aryl methyl sites for hydroxylation is 1. The number of aromatic amines is 1. The van der Waals surface area contributed by atoms with Gasteiger partial charge in [0.05, 0.1) is 21.7 Å². The summed E-state index contributed by atoms with van der Waals surface area (Å²) in [6.07, 6.45) is 0.953. The van der Waals surface area contributed by atoms with Crippen LogP contribution in [0.3, 0.4) is 0 Å². The third kappa shape index (κ3) is 4.16. The van der Waals surface area contributed by atoms with E-state index in [1.54, 1.807) is 6.07 Å². The molecule has 3 rings (SSSR count). The van der Waals surface area contributed by atoms with Crippen LogP contribution in [0.5, 0.6) is 0 Å². The Bertz CT molecular complexity index is 921. The fraction of sp³-hybridized carbons (Fsp3) is 0.176. The van der Waals surface area contributed by atoms with Gasteiger partial charge >= 0.3 is 0 Å². The molecule has 8 heteroatoms. The van der Waals surface area contributed by atoms with Crippen LogP contribution in [0.15, 0.2) is 47.6 Å². The SMILES string of the molecule is CCc1ccc(NC(=O)CSc2nc3ccc([N+](=O)[O-])cc3[nH]2)cc1. The molecule has 0 saturated carbocycles. The van der Waals surface area contributed by atoms with Crippen molar-refractivity contribution in [2.24, 2.45) is 0 Å². The highest BCUT2D eigenvalue weighted by atomic mass is 32.2. The molecule has 0 aliphatic rings. The Morgan fingerprint density at radius 3 is 2.72 bits per heavy atom. The summed E-state index contributed by atoms with van der Waals surface area (Å²) in [5, 5.41) is 14.2. The Balaban J connectivity index is 1.61. The number of nitro groups is 1. The number of amides is 1. The first-order chi connectivity index (χ1) is 12.0. The van der Waals surface area contributed by atoms with E-state index in [0.29, 0.717) is 16.2 Å². The molecule has 3 aromatic rings. The zero-order valence-corrected chi connectivity index (χ0v) is 14.3. The molecule has 0 atom stereocenters. The fourth-order valence-corrected chi connectivity index (χ4v) is 3.00. The summed E-state index contributed by atoms with van der Waals surface area (Å²) in [5.41, 5.74) is 3.17. The number of non-ortho nitro benzene ring substituents is 1. The third-order valence-corrected chi connectivity index (χ3v) is 4.51. The lowest BCUT2D eigenvalue weighted by Crippen LogP contribution is -2.14. The van der Waals surface area contributed by atoms with Crippen LogP contribution in [0.2, 0.25) is 0 Å². The minimum atomic E-state index is -0.454. The van der Waals surface area contributed by atoms with Gasteiger partial charge in [0.1, 0.15) is 0 Å². The minimum absolute atomic E-state index is 0.000897. The normalized spacial score (nSPS) is 10.8. The van der Waals surface area contributed by atoms with Gasteiger partial charge in [-0.1, -0.05) is 30.8 Å². The zero-order valence-electron chi connectivity index (χ0n) is 13.5. The monoisotopic (exact) mass is 356 g/mol. The van der Waals surface area contributed by atoms with Crippen molar-refractivity contribution in [1.82, 2.24) is 9.97 Å². The lowest BCUT2D eigenvalue weighted by Gasteiger charge is -2.05. The molecule has 2 N–H and O–H groups in total. The molecule has 0 aliphatic carbocycles. The van der Waals surface area contributed by atoms with Gasteiger partial charge in [0.2, 0.25) is 5.91 Å². The van der Waals surface area contributed by atoms with Gasteiger partial charge in [0.25, 0.3) is 5.69 Å². The predicted octanol–water partition coefficient (Wildman–Crippen LogP) is 3.76. The Morgan fingerprint density at radius 2 is 2.04 bits per heavy atom. The Kier molecular flexibility index (Phi) is 4.99. The van der Waals surface area contributed by atoms with Gasteiger partial charge in [-0.15, -0.1) is 0 Å². The number of H-pyrrole nitrogens is 1. The maximum Gasteiger partial charge on any atom is 0.271 e. The number of rotatable bonds is 6. The summed E-state index contributed by atoms with van der Waals surface area (Å²) in [7, 11) is 0. The summed E-state index contributed by atoms with van der Waals surface area (Å²) in [6, 6.07) is 12.1. The number of fused-ring (bicyclic) bond motifs is 1.